The predicted octanol–water partition coefficient (Wildman–Crippen LogP) is 5.29. The van der Waals surface area contributed by atoms with Gasteiger partial charge in [-0.25, -0.2) is 18.4 Å². The first-order valence-electron chi connectivity index (χ1n) is 10.0. The number of para-hydroxylation sites is 1. The van der Waals surface area contributed by atoms with Crippen LogP contribution in [-0.2, 0) is 22.8 Å². The van der Waals surface area contributed by atoms with Crippen molar-refractivity contribution in [3.8, 4) is 0 Å². The van der Waals surface area contributed by atoms with E-state index in [1.807, 2.05) is 31.2 Å². The molecule has 2 aromatic carbocycles. The summed E-state index contributed by atoms with van der Waals surface area (Å²) in [5.74, 6) is 1.33. The van der Waals surface area contributed by atoms with Crippen LogP contribution in [0.5, 0.6) is 0 Å². The lowest BCUT2D eigenvalue weighted by Gasteiger charge is -2.11. The molecule has 4 aromatic rings. The van der Waals surface area contributed by atoms with Crippen LogP contribution in [-0.4, -0.2) is 28.7 Å². The number of halogens is 2. The highest BCUT2D eigenvalue weighted by Crippen LogP contribution is 2.29. The first-order valence-corrected chi connectivity index (χ1v) is 12.4. The molecule has 0 spiro atoms. The number of imidazole rings is 1. The number of fused-ring (bicyclic) bond motifs is 3. The number of rotatable bonds is 7. The van der Waals surface area contributed by atoms with Crippen molar-refractivity contribution in [1.82, 2.24) is 14.5 Å². The van der Waals surface area contributed by atoms with Crippen LogP contribution in [0.3, 0.4) is 0 Å². The zero-order valence-electron chi connectivity index (χ0n) is 17.0. The molecule has 0 bridgehead atoms. The molecule has 4 rings (SSSR count). The Kier molecular flexibility index (Phi) is 6.10. The van der Waals surface area contributed by atoms with Crippen LogP contribution >= 0.6 is 23.2 Å². The highest BCUT2D eigenvalue weighted by Gasteiger charge is 2.18. The number of nitrogens with two attached hydrogens (primary N) is 1. The molecular weight excluding hydrogens is 455 g/mol. The summed E-state index contributed by atoms with van der Waals surface area (Å²) in [5.41, 5.74) is 8.63. The van der Waals surface area contributed by atoms with E-state index < -0.39 is 9.84 Å². The number of hydrogen-bond donors (Lipinski definition) is 1. The fraction of sp³-hybridized carbons (Fsp3) is 0.273. The lowest BCUT2D eigenvalue weighted by molar-refractivity contribution is 0.581. The SMILES string of the molecule is CCc1nc2c(N)nc3ccccc3c2n1CCCCS(=O)(=O)c1cc(Cl)cc(Cl)c1. The summed E-state index contributed by atoms with van der Waals surface area (Å²) >= 11 is 11.9. The number of benzene rings is 2. The second-order valence-electron chi connectivity index (χ2n) is 7.38. The number of nitrogens with zero attached hydrogens (tertiary/aromatic N) is 3. The summed E-state index contributed by atoms with van der Waals surface area (Å²) in [6.45, 7) is 2.68. The minimum atomic E-state index is -3.47. The van der Waals surface area contributed by atoms with Gasteiger partial charge in [0.05, 0.1) is 21.7 Å². The molecule has 162 valence electrons. The maximum atomic E-state index is 12.7. The normalized spacial score (nSPS) is 12.1. The second-order valence-corrected chi connectivity index (χ2v) is 10.4. The Bertz CT molecular complexity index is 1360. The summed E-state index contributed by atoms with van der Waals surface area (Å²) < 4.78 is 27.5. The molecule has 2 heterocycles. The van der Waals surface area contributed by atoms with Crippen LogP contribution in [0.4, 0.5) is 5.82 Å². The lowest BCUT2D eigenvalue weighted by Crippen LogP contribution is -2.09. The van der Waals surface area contributed by atoms with Gasteiger partial charge in [-0.1, -0.05) is 48.3 Å². The topological polar surface area (TPSA) is 90.9 Å². The van der Waals surface area contributed by atoms with Crippen molar-refractivity contribution >= 4 is 60.8 Å². The maximum absolute atomic E-state index is 12.7. The Labute approximate surface area is 190 Å². The quantitative estimate of drug-likeness (QED) is 0.365. The van der Waals surface area contributed by atoms with Crippen LogP contribution in [0.25, 0.3) is 21.9 Å². The van der Waals surface area contributed by atoms with Gasteiger partial charge in [-0.05, 0) is 37.1 Å². The van der Waals surface area contributed by atoms with Crippen LogP contribution in [0.2, 0.25) is 10.0 Å². The largest absolute Gasteiger partial charge is 0.382 e. The van der Waals surface area contributed by atoms with Crippen molar-refractivity contribution in [2.75, 3.05) is 11.5 Å². The molecule has 0 aliphatic carbocycles. The van der Waals surface area contributed by atoms with Crippen LogP contribution in [0.15, 0.2) is 47.4 Å². The summed E-state index contributed by atoms with van der Waals surface area (Å²) in [6, 6.07) is 12.2. The molecular formula is C22H22Cl2N4O2S. The van der Waals surface area contributed by atoms with E-state index in [0.29, 0.717) is 40.8 Å². The molecule has 31 heavy (non-hydrogen) atoms. The Morgan fingerprint density at radius 3 is 2.45 bits per heavy atom. The number of aryl methyl sites for hydroxylation is 2. The third-order valence-corrected chi connectivity index (χ3v) is 7.46. The maximum Gasteiger partial charge on any atom is 0.178 e. The Hall–Kier alpha value is -2.35. The summed E-state index contributed by atoms with van der Waals surface area (Å²) in [5, 5.41) is 1.60. The molecule has 0 amide bonds. The van der Waals surface area contributed by atoms with Crippen molar-refractivity contribution in [3.63, 3.8) is 0 Å². The van der Waals surface area contributed by atoms with Crippen LogP contribution < -0.4 is 5.73 Å². The van der Waals surface area contributed by atoms with Crippen molar-refractivity contribution in [2.45, 2.75) is 37.6 Å². The number of pyridine rings is 1. The van der Waals surface area contributed by atoms with Crippen molar-refractivity contribution in [1.29, 1.82) is 0 Å². The highest BCUT2D eigenvalue weighted by molar-refractivity contribution is 7.91. The van der Waals surface area contributed by atoms with Gasteiger partial charge >= 0.3 is 0 Å². The van der Waals surface area contributed by atoms with Gasteiger partial charge in [0.15, 0.2) is 15.7 Å². The molecule has 0 radical (unpaired) electrons. The summed E-state index contributed by atoms with van der Waals surface area (Å²) in [7, 11) is -3.47. The van der Waals surface area contributed by atoms with Crippen molar-refractivity contribution in [3.05, 3.63) is 58.3 Å². The van der Waals surface area contributed by atoms with Gasteiger partial charge in [-0.2, -0.15) is 0 Å². The number of anilines is 1. The molecule has 0 saturated carbocycles. The van der Waals surface area contributed by atoms with Gasteiger partial charge in [-0.15, -0.1) is 0 Å². The number of sulfone groups is 1. The van der Waals surface area contributed by atoms with Crippen molar-refractivity contribution in [2.24, 2.45) is 0 Å². The molecule has 9 heteroatoms. The molecule has 0 aliphatic rings. The van der Waals surface area contributed by atoms with E-state index in [1.165, 1.54) is 18.2 Å². The van der Waals surface area contributed by atoms with E-state index in [-0.39, 0.29) is 10.6 Å². The number of unbranched alkanes of at least 4 members (excludes halogenated alkanes) is 1. The first-order chi connectivity index (χ1) is 14.8. The first kappa shape index (κ1) is 21.9. The van der Waals surface area contributed by atoms with E-state index >= 15 is 0 Å². The average Bonchev–Trinajstić information content (AvgIpc) is 3.10. The Morgan fingerprint density at radius 1 is 1.03 bits per heavy atom. The molecule has 0 fully saturated rings. The molecule has 6 nitrogen and oxygen atoms in total. The van der Waals surface area contributed by atoms with E-state index in [0.717, 1.165) is 28.7 Å². The van der Waals surface area contributed by atoms with Crippen LogP contribution in [0.1, 0.15) is 25.6 Å². The standard InChI is InChI=1S/C22H22Cl2N4O2S/c1-2-19-27-20-21(17-7-3-4-8-18(17)26-22(20)25)28(19)9-5-6-10-31(29,30)16-12-14(23)11-15(24)13-16/h3-4,7-8,11-13H,2,5-6,9-10H2,1H3,(H2,25,26). The number of aromatic nitrogens is 3. The van der Waals surface area contributed by atoms with Gasteiger partial charge in [0.1, 0.15) is 11.3 Å². The average molecular weight is 477 g/mol. The van der Waals surface area contributed by atoms with Gasteiger partial charge in [-0.3, -0.25) is 0 Å². The third kappa shape index (κ3) is 4.35. The second kappa shape index (κ2) is 8.65. The van der Waals surface area contributed by atoms with E-state index in [4.69, 9.17) is 33.9 Å². The molecule has 0 aliphatic heterocycles. The smallest absolute Gasteiger partial charge is 0.178 e. The van der Waals surface area contributed by atoms with E-state index in [1.54, 1.807) is 0 Å². The zero-order chi connectivity index (χ0) is 22.2. The Morgan fingerprint density at radius 2 is 1.74 bits per heavy atom. The number of nitrogen functional groups attached to an aromatic ring is 1. The molecule has 0 unspecified atom stereocenters. The molecule has 0 saturated heterocycles. The van der Waals surface area contributed by atoms with Crippen molar-refractivity contribution < 1.29 is 8.42 Å². The fourth-order valence-electron chi connectivity index (χ4n) is 3.80. The molecule has 2 N–H and O–H groups in total. The minimum absolute atomic E-state index is 0.0161. The molecule has 2 aromatic heterocycles. The zero-order valence-corrected chi connectivity index (χ0v) is 19.3. The third-order valence-electron chi connectivity index (χ3n) is 5.25. The lowest BCUT2D eigenvalue weighted by atomic mass is 10.2. The summed E-state index contributed by atoms with van der Waals surface area (Å²) in [6.07, 6.45) is 1.90. The Balaban J connectivity index is 1.58. The van der Waals surface area contributed by atoms with E-state index in [9.17, 15) is 8.42 Å². The number of hydrogen-bond acceptors (Lipinski definition) is 5. The monoisotopic (exact) mass is 476 g/mol. The minimum Gasteiger partial charge on any atom is -0.382 e. The van der Waals surface area contributed by atoms with Gasteiger partial charge in [0.25, 0.3) is 0 Å². The van der Waals surface area contributed by atoms with E-state index in [2.05, 4.69) is 9.55 Å². The van der Waals surface area contributed by atoms with Gasteiger partial charge in [0.2, 0.25) is 0 Å². The predicted molar refractivity (Wildman–Crippen MR) is 127 cm³/mol. The van der Waals surface area contributed by atoms with Gasteiger partial charge < -0.3 is 10.3 Å². The fourth-order valence-corrected chi connectivity index (χ4v) is 5.89. The highest BCUT2D eigenvalue weighted by atomic mass is 35.5. The van der Waals surface area contributed by atoms with Crippen LogP contribution in [0, 0.1) is 0 Å². The molecule has 0 atom stereocenters. The van der Waals surface area contributed by atoms with Gasteiger partial charge in [0, 0.05) is 28.4 Å². The summed E-state index contributed by atoms with van der Waals surface area (Å²) in [4.78, 5) is 9.32.